The van der Waals surface area contributed by atoms with Gasteiger partial charge in [0.05, 0.1) is 6.61 Å². The van der Waals surface area contributed by atoms with Crippen LogP contribution in [-0.2, 0) is 6.54 Å². The van der Waals surface area contributed by atoms with E-state index >= 15 is 0 Å². The lowest BCUT2D eigenvalue weighted by Gasteiger charge is -2.34. The van der Waals surface area contributed by atoms with Crippen molar-refractivity contribution in [1.29, 1.82) is 0 Å². The molecule has 0 saturated carbocycles. The lowest BCUT2D eigenvalue weighted by molar-refractivity contribution is 0.0628. The van der Waals surface area contributed by atoms with Crippen molar-refractivity contribution in [1.82, 2.24) is 9.80 Å². The van der Waals surface area contributed by atoms with Crippen molar-refractivity contribution < 1.29 is 9.53 Å². The highest BCUT2D eigenvalue weighted by Crippen LogP contribution is 2.16. The van der Waals surface area contributed by atoms with E-state index in [2.05, 4.69) is 43.0 Å². The molecule has 2 aromatic rings. The Kier molecular flexibility index (Phi) is 6.29. The molecule has 0 aliphatic carbocycles. The zero-order valence-corrected chi connectivity index (χ0v) is 15.8. The maximum Gasteiger partial charge on any atom is 0.253 e. The summed E-state index contributed by atoms with van der Waals surface area (Å²) in [5.74, 6) is 0.938. The van der Waals surface area contributed by atoms with Crippen molar-refractivity contribution in [2.45, 2.75) is 26.8 Å². The molecule has 0 spiro atoms. The number of amides is 1. The van der Waals surface area contributed by atoms with Crippen molar-refractivity contribution in [3.8, 4) is 5.75 Å². The summed E-state index contributed by atoms with van der Waals surface area (Å²) >= 11 is 0. The van der Waals surface area contributed by atoms with Crippen LogP contribution < -0.4 is 4.74 Å². The summed E-state index contributed by atoms with van der Waals surface area (Å²) in [6, 6.07) is 16.2. The van der Waals surface area contributed by atoms with Crippen molar-refractivity contribution >= 4 is 5.91 Å². The zero-order chi connectivity index (χ0) is 18.4. The second kappa shape index (κ2) is 8.86. The fraction of sp³-hybridized carbons (Fsp3) is 0.409. The molecular weight excluding hydrogens is 324 g/mol. The molecule has 0 bridgehead atoms. The number of piperazine rings is 1. The molecule has 1 aliphatic heterocycles. The molecule has 1 fully saturated rings. The summed E-state index contributed by atoms with van der Waals surface area (Å²) in [5.41, 5.74) is 3.36. The zero-order valence-electron chi connectivity index (χ0n) is 15.8. The van der Waals surface area contributed by atoms with E-state index in [0.29, 0.717) is 6.61 Å². The first kappa shape index (κ1) is 18.5. The van der Waals surface area contributed by atoms with Crippen molar-refractivity contribution in [3.05, 3.63) is 65.2 Å². The number of ether oxygens (including phenoxy) is 1. The fourth-order valence-corrected chi connectivity index (χ4v) is 3.16. The largest absolute Gasteiger partial charge is 0.494 e. The first-order valence-electron chi connectivity index (χ1n) is 9.46. The first-order valence-corrected chi connectivity index (χ1v) is 9.46. The number of carbonyl (C=O) groups is 1. The van der Waals surface area contributed by atoms with E-state index in [4.69, 9.17) is 4.74 Å². The van der Waals surface area contributed by atoms with E-state index in [1.54, 1.807) is 0 Å². The van der Waals surface area contributed by atoms with Gasteiger partial charge >= 0.3 is 0 Å². The minimum absolute atomic E-state index is 0.113. The summed E-state index contributed by atoms with van der Waals surface area (Å²) < 4.78 is 5.58. The summed E-state index contributed by atoms with van der Waals surface area (Å²) in [4.78, 5) is 17.1. The lowest BCUT2D eigenvalue weighted by atomic mass is 10.1. The van der Waals surface area contributed by atoms with Crippen LogP contribution in [0.1, 0.15) is 34.8 Å². The molecule has 1 saturated heterocycles. The Morgan fingerprint density at radius 2 is 1.62 bits per heavy atom. The molecule has 0 aromatic heterocycles. The van der Waals surface area contributed by atoms with Gasteiger partial charge in [-0.3, -0.25) is 9.69 Å². The predicted molar refractivity (Wildman–Crippen MR) is 105 cm³/mol. The highest BCUT2D eigenvalue weighted by molar-refractivity contribution is 5.94. The first-order chi connectivity index (χ1) is 12.7. The van der Waals surface area contributed by atoms with Crippen LogP contribution in [-0.4, -0.2) is 48.5 Å². The average Bonchev–Trinajstić information content (AvgIpc) is 2.68. The van der Waals surface area contributed by atoms with Crippen LogP contribution in [0.5, 0.6) is 5.75 Å². The third-order valence-electron chi connectivity index (χ3n) is 4.76. The number of benzene rings is 2. The molecule has 1 amide bonds. The van der Waals surface area contributed by atoms with Crippen molar-refractivity contribution in [2.24, 2.45) is 0 Å². The van der Waals surface area contributed by atoms with Gasteiger partial charge in [-0.2, -0.15) is 0 Å². The Morgan fingerprint density at radius 3 is 2.23 bits per heavy atom. The molecule has 0 unspecified atom stereocenters. The van der Waals surface area contributed by atoms with Crippen LogP contribution in [0.2, 0.25) is 0 Å². The number of aryl methyl sites for hydroxylation is 1. The minimum atomic E-state index is 0.113. The highest BCUT2D eigenvalue weighted by atomic mass is 16.5. The molecule has 0 radical (unpaired) electrons. The number of rotatable bonds is 6. The average molecular weight is 352 g/mol. The molecule has 1 heterocycles. The van der Waals surface area contributed by atoms with Crippen LogP contribution in [0.15, 0.2) is 48.5 Å². The van der Waals surface area contributed by atoms with Gasteiger partial charge in [-0.25, -0.2) is 0 Å². The Morgan fingerprint density at radius 1 is 0.962 bits per heavy atom. The van der Waals surface area contributed by atoms with Gasteiger partial charge in [0.2, 0.25) is 0 Å². The SMILES string of the molecule is CCCOc1ccc(C(=O)N2CCN(Cc3ccc(C)cc3)CC2)cc1. The molecule has 3 rings (SSSR count). The van der Waals surface area contributed by atoms with Crippen molar-refractivity contribution in [2.75, 3.05) is 32.8 Å². The summed E-state index contributed by atoms with van der Waals surface area (Å²) in [6.45, 7) is 9.22. The third kappa shape index (κ3) is 4.85. The fourth-order valence-electron chi connectivity index (χ4n) is 3.16. The summed E-state index contributed by atoms with van der Waals surface area (Å²) in [6.07, 6.45) is 0.980. The second-order valence-electron chi connectivity index (χ2n) is 6.93. The van der Waals surface area contributed by atoms with Gasteiger partial charge < -0.3 is 9.64 Å². The molecule has 0 atom stereocenters. The Hall–Kier alpha value is -2.33. The van der Waals surface area contributed by atoms with E-state index in [0.717, 1.165) is 50.5 Å². The van der Waals surface area contributed by atoms with Crippen LogP contribution >= 0.6 is 0 Å². The Bertz CT molecular complexity index is 702. The van der Waals surface area contributed by atoms with Gasteiger partial charge in [0.15, 0.2) is 0 Å². The van der Waals surface area contributed by atoms with E-state index in [1.807, 2.05) is 29.2 Å². The molecule has 1 aliphatic rings. The van der Waals surface area contributed by atoms with E-state index in [-0.39, 0.29) is 5.91 Å². The van der Waals surface area contributed by atoms with Crippen LogP contribution in [0.3, 0.4) is 0 Å². The lowest BCUT2D eigenvalue weighted by Crippen LogP contribution is -2.48. The van der Waals surface area contributed by atoms with Gasteiger partial charge in [-0.1, -0.05) is 36.8 Å². The van der Waals surface area contributed by atoms with Crippen LogP contribution in [0.4, 0.5) is 0 Å². The maximum absolute atomic E-state index is 12.7. The molecule has 2 aromatic carbocycles. The van der Waals surface area contributed by atoms with Gasteiger partial charge in [0.1, 0.15) is 5.75 Å². The van der Waals surface area contributed by atoms with E-state index in [1.165, 1.54) is 11.1 Å². The maximum atomic E-state index is 12.7. The van der Waals surface area contributed by atoms with Gasteiger partial charge in [0.25, 0.3) is 5.91 Å². The minimum Gasteiger partial charge on any atom is -0.494 e. The number of nitrogens with zero attached hydrogens (tertiary/aromatic N) is 2. The monoisotopic (exact) mass is 352 g/mol. The quantitative estimate of drug-likeness (QED) is 0.794. The predicted octanol–water partition coefficient (Wildman–Crippen LogP) is 3.74. The van der Waals surface area contributed by atoms with E-state index in [9.17, 15) is 4.79 Å². The summed E-state index contributed by atoms with van der Waals surface area (Å²) in [5, 5.41) is 0. The number of hydrogen-bond donors (Lipinski definition) is 0. The van der Waals surface area contributed by atoms with Crippen LogP contribution in [0.25, 0.3) is 0 Å². The topological polar surface area (TPSA) is 32.8 Å². The highest BCUT2D eigenvalue weighted by Gasteiger charge is 2.22. The molecule has 4 heteroatoms. The van der Waals surface area contributed by atoms with Gasteiger partial charge in [0, 0.05) is 38.3 Å². The standard InChI is InChI=1S/C22H28N2O2/c1-3-16-26-21-10-8-20(9-11-21)22(25)24-14-12-23(13-15-24)17-19-6-4-18(2)5-7-19/h4-11H,3,12-17H2,1-2H3. The molecule has 4 nitrogen and oxygen atoms in total. The van der Waals surface area contributed by atoms with Crippen molar-refractivity contribution in [3.63, 3.8) is 0 Å². The molecule has 26 heavy (non-hydrogen) atoms. The molecular formula is C22H28N2O2. The number of hydrogen-bond acceptors (Lipinski definition) is 3. The number of carbonyl (C=O) groups excluding carboxylic acids is 1. The van der Waals surface area contributed by atoms with Gasteiger partial charge in [-0.05, 0) is 43.2 Å². The van der Waals surface area contributed by atoms with Crippen LogP contribution in [0, 0.1) is 6.92 Å². The van der Waals surface area contributed by atoms with Gasteiger partial charge in [-0.15, -0.1) is 0 Å². The Labute approximate surface area is 156 Å². The normalized spacial score (nSPS) is 15.1. The molecule has 138 valence electrons. The summed E-state index contributed by atoms with van der Waals surface area (Å²) in [7, 11) is 0. The Balaban J connectivity index is 1.50. The second-order valence-corrected chi connectivity index (χ2v) is 6.93. The van der Waals surface area contributed by atoms with E-state index < -0.39 is 0 Å². The smallest absolute Gasteiger partial charge is 0.253 e. The third-order valence-corrected chi connectivity index (χ3v) is 4.76. The molecule has 0 N–H and O–H groups in total.